The molecule has 2 rings (SSSR count). The summed E-state index contributed by atoms with van der Waals surface area (Å²) in [6.45, 7) is 3.28. The van der Waals surface area contributed by atoms with Crippen molar-refractivity contribution in [1.82, 2.24) is 10.9 Å². The number of amides is 2. The van der Waals surface area contributed by atoms with E-state index in [0.717, 1.165) is 17.2 Å². The summed E-state index contributed by atoms with van der Waals surface area (Å²) in [5.41, 5.74) is 5.75. The summed E-state index contributed by atoms with van der Waals surface area (Å²) in [4.78, 5) is 33.9. The molecule has 0 aliphatic carbocycles. The van der Waals surface area contributed by atoms with E-state index in [1.165, 1.54) is 18.2 Å². The Balaban J connectivity index is 1.90. The van der Waals surface area contributed by atoms with Crippen molar-refractivity contribution >= 4 is 29.1 Å². The molecule has 2 aromatic carbocycles. The van der Waals surface area contributed by atoms with Crippen molar-refractivity contribution in [2.75, 3.05) is 6.61 Å². The SMILES string of the molecule is Cc1cc(Cl)cc(C)c1OCC(=O)NNC(=O)c1cccc([N+](=O)[O-])c1. The molecule has 0 spiro atoms. The minimum absolute atomic E-state index is 0.0461. The highest BCUT2D eigenvalue weighted by molar-refractivity contribution is 6.30. The van der Waals surface area contributed by atoms with Crippen LogP contribution in [0.1, 0.15) is 21.5 Å². The molecule has 0 aliphatic heterocycles. The Hall–Kier alpha value is -3.13. The molecule has 0 aromatic heterocycles. The van der Waals surface area contributed by atoms with Gasteiger partial charge in [0.15, 0.2) is 6.61 Å². The van der Waals surface area contributed by atoms with Gasteiger partial charge in [0.1, 0.15) is 5.75 Å². The second-order valence-corrected chi connectivity index (χ2v) is 5.90. The van der Waals surface area contributed by atoms with Gasteiger partial charge in [0.05, 0.1) is 4.92 Å². The van der Waals surface area contributed by atoms with Crippen molar-refractivity contribution in [2.45, 2.75) is 13.8 Å². The lowest BCUT2D eigenvalue weighted by Crippen LogP contribution is -2.43. The van der Waals surface area contributed by atoms with Crippen molar-refractivity contribution < 1.29 is 19.2 Å². The predicted octanol–water partition coefficient (Wildman–Crippen LogP) is 2.71. The molecule has 0 saturated heterocycles. The number of nitro benzene ring substituents is 1. The summed E-state index contributed by atoms with van der Waals surface area (Å²) in [5.74, 6) is -0.729. The van der Waals surface area contributed by atoms with Gasteiger partial charge in [-0.2, -0.15) is 0 Å². The highest BCUT2D eigenvalue weighted by Gasteiger charge is 2.13. The summed E-state index contributed by atoms with van der Waals surface area (Å²) in [7, 11) is 0. The molecular formula is C17H16ClN3O5. The normalized spacial score (nSPS) is 10.1. The smallest absolute Gasteiger partial charge is 0.276 e. The number of benzene rings is 2. The summed E-state index contributed by atoms with van der Waals surface area (Å²) >= 11 is 5.93. The Morgan fingerprint density at radius 2 is 1.81 bits per heavy atom. The van der Waals surface area contributed by atoms with E-state index in [4.69, 9.17) is 16.3 Å². The molecule has 0 radical (unpaired) electrons. The summed E-state index contributed by atoms with van der Waals surface area (Å²) < 4.78 is 5.46. The van der Waals surface area contributed by atoms with Gasteiger partial charge in [-0.1, -0.05) is 17.7 Å². The average molecular weight is 378 g/mol. The molecule has 0 aliphatic rings. The number of carbonyl (C=O) groups is 2. The molecule has 8 nitrogen and oxygen atoms in total. The van der Waals surface area contributed by atoms with Crippen LogP contribution in [0.2, 0.25) is 5.02 Å². The predicted molar refractivity (Wildman–Crippen MR) is 95.1 cm³/mol. The molecule has 0 unspecified atom stereocenters. The monoisotopic (exact) mass is 377 g/mol. The maximum atomic E-state index is 11.9. The molecular weight excluding hydrogens is 362 g/mol. The first-order valence-corrected chi connectivity index (χ1v) is 7.89. The zero-order valence-electron chi connectivity index (χ0n) is 14.0. The lowest BCUT2D eigenvalue weighted by molar-refractivity contribution is -0.384. The van der Waals surface area contributed by atoms with Crippen LogP contribution in [-0.2, 0) is 4.79 Å². The number of nitrogens with zero attached hydrogens (tertiary/aromatic N) is 1. The minimum Gasteiger partial charge on any atom is -0.483 e. The number of nitro groups is 1. The molecule has 2 aromatic rings. The lowest BCUT2D eigenvalue weighted by Gasteiger charge is -2.13. The topological polar surface area (TPSA) is 111 Å². The molecule has 26 heavy (non-hydrogen) atoms. The van der Waals surface area contributed by atoms with Gasteiger partial charge in [-0.3, -0.25) is 30.6 Å². The van der Waals surface area contributed by atoms with Crippen LogP contribution in [-0.4, -0.2) is 23.3 Å². The van der Waals surface area contributed by atoms with Crippen molar-refractivity contribution in [3.05, 3.63) is 68.2 Å². The van der Waals surface area contributed by atoms with Gasteiger partial charge in [-0.15, -0.1) is 0 Å². The minimum atomic E-state index is -0.680. The van der Waals surface area contributed by atoms with E-state index >= 15 is 0 Å². The first-order valence-electron chi connectivity index (χ1n) is 7.51. The van der Waals surface area contributed by atoms with Crippen LogP contribution in [0.25, 0.3) is 0 Å². The first kappa shape index (κ1) is 19.2. The van der Waals surface area contributed by atoms with Crippen molar-refractivity contribution in [3.8, 4) is 5.75 Å². The molecule has 2 amide bonds. The first-order chi connectivity index (χ1) is 12.3. The van der Waals surface area contributed by atoms with Crippen LogP contribution >= 0.6 is 11.6 Å². The van der Waals surface area contributed by atoms with Gasteiger partial charge in [-0.25, -0.2) is 0 Å². The van der Waals surface area contributed by atoms with Crippen LogP contribution in [0, 0.1) is 24.0 Å². The number of ether oxygens (including phenoxy) is 1. The fraction of sp³-hybridized carbons (Fsp3) is 0.176. The summed E-state index contributed by atoms with van der Waals surface area (Å²) in [6, 6.07) is 8.58. The molecule has 2 N–H and O–H groups in total. The largest absolute Gasteiger partial charge is 0.483 e. The molecule has 0 fully saturated rings. The van der Waals surface area contributed by atoms with E-state index in [0.29, 0.717) is 10.8 Å². The molecule has 0 saturated carbocycles. The van der Waals surface area contributed by atoms with Crippen LogP contribution in [0.4, 0.5) is 5.69 Å². The molecule has 0 atom stereocenters. The van der Waals surface area contributed by atoms with E-state index in [1.807, 2.05) is 0 Å². The zero-order valence-corrected chi connectivity index (χ0v) is 14.8. The van der Waals surface area contributed by atoms with Gasteiger partial charge in [0.25, 0.3) is 17.5 Å². The van der Waals surface area contributed by atoms with Crippen molar-refractivity contribution in [1.29, 1.82) is 0 Å². The number of aryl methyl sites for hydroxylation is 2. The van der Waals surface area contributed by atoms with Gasteiger partial charge >= 0.3 is 0 Å². The number of carbonyl (C=O) groups excluding carboxylic acids is 2. The maximum absolute atomic E-state index is 11.9. The second kappa shape index (κ2) is 8.30. The standard InChI is InChI=1S/C17H16ClN3O5/c1-10-6-13(18)7-11(2)16(10)26-9-15(22)19-20-17(23)12-4-3-5-14(8-12)21(24)25/h3-8H,9H2,1-2H3,(H,19,22)(H,20,23). The quantitative estimate of drug-likeness (QED) is 0.614. The van der Waals surface area contributed by atoms with E-state index in [-0.39, 0.29) is 17.9 Å². The zero-order chi connectivity index (χ0) is 19.3. The summed E-state index contributed by atoms with van der Waals surface area (Å²) in [5, 5.41) is 11.3. The Labute approximate surface area is 154 Å². The number of rotatable bonds is 5. The van der Waals surface area contributed by atoms with Crippen LogP contribution < -0.4 is 15.6 Å². The number of hydrazine groups is 1. The van der Waals surface area contributed by atoms with Gasteiger partial charge < -0.3 is 4.74 Å². The lowest BCUT2D eigenvalue weighted by atomic mass is 10.1. The van der Waals surface area contributed by atoms with Crippen LogP contribution in [0.15, 0.2) is 36.4 Å². The molecule has 136 valence electrons. The van der Waals surface area contributed by atoms with E-state index < -0.39 is 16.7 Å². The summed E-state index contributed by atoms with van der Waals surface area (Å²) in [6.07, 6.45) is 0. The van der Waals surface area contributed by atoms with Crippen molar-refractivity contribution in [2.24, 2.45) is 0 Å². The van der Waals surface area contributed by atoms with Gasteiger partial charge in [0.2, 0.25) is 0 Å². The van der Waals surface area contributed by atoms with E-state index in [9.17, 15) is 19.7 Å². The molecule has 0 heterocycles. The maximum Gasteiger partial charge on any atom is 0.276 e. The highest BCUT2D eigenvalue weighted by atomic mass is 35.5. The van der Waals surface area contributed by atoms with Gasteiger partial charge in [0, 0.05) is 22.7 Å². The number of non-ortho nitro benzene ring substituents is 1. The van der Waals surface area contributed by atoms with Gasteiger partial charge in [-0.05, 0) is 43.2 Å². The third kappa shape index (κ3) is 4.93. The Bertz CT molecular complexity index is 846. The Kier molecular flexibility index (Phi) is 6.13. The molecule has 0 bridgehead atoms. The Morgan fingerprint density at radius 1 is 1.15 bits per heavy atom. The third-order valence-corrected chi connectivity index (χ3v) is 3.63. The van der Waals surface area contributed by atoms with Crippen molar-refractivity contribution in [3.63, 3.8) is 0 Å². The second-order valence-electron chi connectivity index (χ2n) is 5.47. The molecule has 9 heteroatoms. The van der Waals surface area contributed by atoms with E-state index in [2.05, 4.69) is 10.9 Å². The number of halogens is 1. The fourth-order valence-electron chi connectivity index (χ4n) is 2.26. The number of nitrogens with one attached hydrogen (secondary N) is 2. The highest BCUT2D eigenvalue weighted by Crippen LogP contribution is 2.26. The van der Waals surface area contributed by atoms with Crippen LogP contribution in [0.5, 0.6) is 5.75 Å². The number of hydrogen-bond acceptors (Lipinski definition) is 5. The average Bonchev–Trinajstić information content (AvgIpc) is 2.58. The Morgan fingerprint density at radius 3 is 2.42 bits per heavy atom. The number of hydrogen-bond donors (Lipinski definition) is 2. The van der Waals surface area contributed by atoms with E-state index in [1.54, 1.807) is 26.0 Å². The third-order valence-electron chi connectivity index (χ3n) is 3.41. The van der Waals surface area contributed by atoms with Crippen LogP contribution in [0.3, 0.4) is 0 Å². The fourth-order valence-corrected chi connectivity index (χ4v) is 2.59.